The quantitative estimate of drug-likeness (QED) is 0.796. The third-order valence-electron chi connectivity index (χ3n) is 6.54. The molecule has 122 valence electrons. The summed E-state index contributed by atoms with van der Waals surface area (Å²) in [7, 11) is 0. The second-order valence-corrected chi connectivity index (χ2v) is 8.32. The lowest BCUT2D eigenvalue weighted by Gasteiger charge is -2.40. The van der Waals surface area contributed by atoms with Gasteiger partial charge in [0, 0.05) is 5.54 Å². The highest BCUT2D eigenvalue weighted by Crippen LogP contribution is 2.45. The van der Waals surface area contributed by atoms with Crippen LogP contribution >= 0.6 is 0 Å². The lowest BCUT2D eigenvalue weighted by molar-refractivity contribution is -0.0733. The maximum Gasteiger partial charge on any atom is 0.0687 e. The maximum absolute atomic E-state index is 6.74. The molecule has 1 atom stereocenters. The van der Waals surface area contributed by atoms with Crippen molar-refractivity contribution in [2.75, 3.05) is 0 Å². The van der Waals surface area contributed by atoms with E-state index in [1.807, 2.05) is 0 Å². The van der Waals surface area contributed by atoms with E-state index in [9.17, 15) is 0 Å². The molecule has 2 heteroatoms. The molecule has 0 aromatic heterocycles. The molecular weight excluding hydrogens is 258 g/mol. The Morgan fingerprint density at radius 2 is 1.67 bits per heavy atom. The number of nitrogens with two attached hydrogens (primary N) is 1. The summed E-state index contributed by atoms with van der Waals surface area (Å²) in [6.07, 6.45) is 18.8. The van der Waals surface area contributed by atoms with Crippen LogP contribution in [-0.4, -0.2) is 17.2 Å². The van der Waals surface area contributed by atoms with Crippen LogP contribution in [0.4, 0.5) is 0 Å². The Bertz CT molecular complexity index is 326. The number of rotatable bonds is 4. The van der Waals surface area contributed by atoms with Gasteiger partial charge in [0.25, 0.3) is 0 Å². The average molecular weight is 293 g/mol. The van der Waals surface area contributed by atoms with Gasteiger partial charge in [-0.3, -0.25) is 0 Å². The fraction of sp³-hybridized carbons (Fsp3) is 1.00. The molecule has 0 aromatic rings. The molecule has 1 saturated heterocycles. The minimum atomic E-state index is 0.0785. The van der Waals surface area contributed by atoms with Crippen molar-refractivity contribution in [1.29, 1.82) is 0 Å². The molecule has 1 heterocycles. The first-order chi connectivity index (χ1) is 10.1. The van der Waals surface area contributed by atoms with Crippen LogP contribution in [0.1, 0.15) is 96.8 Å². The summed E-state index contributed by atoms with van der Waals surface area (Å²) in [5.74, 6) is 0.945. The summed E-state index contributed by atoms with van der Waals surface area (Å²) < 4.78 is 6.55. The van der Waals surface area contributed by atoms with Crippen LogP contribution in [0, 0.1) is 5.92 Å². The van der Waals surface area contributed by atoms with Crippen LogP contribution in [0.3, 0.4) is 0 Å². The van der Waals surface area contributed by atoms with Crippen molar-refractivity contribution in [1.82, 2.24) is 0 Å². The third kappa shape index (κ3) is 3.82. The molecule has 0 radical (unpaired) electrons. The summed E-state index contributed by atoms with van der Waals surface area (Å²) >= 11 is 0. The number of hydrogen-bond acceptors (Lipinski definition) is 2. The highest BCUT2D eigenvalue weighted by molar-refractivity contribution is 4.97. The van der Waals surface area contributed by atoms with Gasteiger partial charge in [0.2, 0.25) is 0 Å². The summed E-state index contributed by atoms with van der Waals surface area (Å²) in [4.78, 5) is 0. The molecule has 2 nitrogen and oxygen atoms in total. The Morgan fingerprint density at radius 1 is 0.952 bits per heavy atom. The Balaban J connectivity index is 1.48. The summed E-state index contributed by atoms with van der Waals surface area (Å²) in [5, 5.41) is 0. The van der Waals surface area contributed by atoms with Gasteiger partial charge in [-0.1, -0.05) is 39.0 Å². The van der Waals surface area contributed by atoms with Gasteiger partial charge in [-0.05, 0) is 63.7 Å². The summed E-state index contributed by atoms with van der Waals surface area (Å²) in [6.45, 7) is 2.31. The highest BCUT2D eigenvalue weighted by Gasteiger charge is 2.43. The molecular formula is C19H35NO. The van der Waals surface area contributed by atoms with Crippen LogP contribution in [0.2, 0.25) is 0 Å². The van der Waals surface area contributed by atoms with Crippen molar-refractivity contribution >= 4 is 0 Å². The molecule has 0 amide bonds. The first kappa shape index (κ1) is 15.8. The van der Waals surface area contributed by atoms with Gasteiger partial charge < -0.3 is 10.5 Å². The van der Waals surface area contributed by atoms with E-state index >= 15 is 0 Å². The van der Waals surface area contributed by atoms with Crippen molar-refractivity contribution in [3.05, 3.63) is 0 Å². The first-order valence-electron chi connectivity index (χ1n) is 9.60. The van der Waals surface area contributed by atoms with E-state index in [4.69, 9.17) is 10.5 Å². The van der Waals surface area contributed by atoms with E-state index in [0.717, 1.165) is 12.3 Å². The zero-order valence-corrected chi connectivity index (χ0v) is 14.0. The zero-order chi connectivity index (χ0) is 14.8. The number of ether oxygens (including phenoxy) is 1. The summed E-state index contributed by atoms with van der Waals surface area (Å²) in [6, 6.07) is 0. The maximum atomic E-state index is 6.74. The van der Waals surface area contributed by atoms with Gasteiger partial charge in [-0.15, -0.1) is 0 Å². The van der Waals surface area contributed by atoms with E-state index in [-0.39, 0.29) is 11.1 Å². The molecule has 3 aliphatic rings. The van der Waals surface area contributed by atoms with Gasteiger partial charge >= 0.3 is 0 Å². The van der Waals surface area contributed by atoms with Crippen molar-refractivity contribution in [2.45, 2.75) is 114 Å². The van der Waals surface area contributed by atoms with Crippen LogP contribution in [0.25, 0.3) is 0 Å². The monoisotopic (exact) mass is 293 g/mol. The van der Waals surface area contributed by atoms with E-state index in [1.54, 1.807) is 0 Å². The molecule has 3 fully saturated rings. The smallest absolute Gasteiger partial charge is 0.0687 e. The third-order valence-corrected chi connectivity index (χ3v) is 6.54. The Morgan fingerprint density at radius 3 is 2.33 bits per heavy atom. The fourth-order valence-corrected chi connectivity index (χ4v) is 5.21. The lowest BCUT2D eigenvalue weighted by Crippen LogP contribution is -2.46. The molecule has 3 rings (SSSR count). The van der Waals surface area contributed by atoms with Gasteiger partial charge in [-0.2, -0.15) is 0 Å². The van der Waals surface area contributed by atoms with Crippen LogP contribution in [-0.2, 0) is 4.74 Å². The summed E-state index contributed by atoms with van der Waals surface area (Å²) in [5.41, 5.74) is 7.08. The Hall–Kier alpha value is -0.0800. The predicted octanol–water partition coefficient (Wildman–Crippen LogP) is 4.95. The Kier molecular flexibility index (Phi) is 4.95. The molecule has 1 unspecified atom stereocenters. The number of hydrogen-bond donors (Lipinski definition) is 1. The van der Waals surface area contributed by atoms with E-state index in [2.05, 4.69) is 6.92 Å². The van der Waals surface area contributed by atoms with Gasteiger partial charge in [0.05, 0.1) is 11.7 Å². The molecule has 21 heavy (non-hydrogen) atoms. The van der Waals surface area contributed by atoms with Crippen molar-refractivity contribution in [3.8, 4) is 0 Å². The topological polar surface area (TPSA) is 35.2 Å². The van der Waals surface area contributed by atoms with Gasteiger partial charge in [-0.25, -0.2) is 0 Å². The zero-order valence-electron chi connectivity index (χ0n) is 14.0. The first-order valence-corrected chi connectivity index (χ1v) is 9.60. The van der Waals surface area contributed by atoms with Crippen molar-refractivity contribution in [3.63, 3.8) is 0 Å². The average Bonchev–Trinajstić information content (AvgIpc) is 2.85. The minimum absolute atomic E-state index is 0.0785. The van der Waals surface area contributed by atoms with E-state index < -0.39 is 0 Å². The predicted molar refractivity (Wildman–Crippen MR) is 88.3 cm³/mol. The fourth-order valence-electron chi connectivity index (χ4n) is 5.21. The molecule has 2 aliphatic carbocycles. The molecule has 1 aliphatic heterocycles. The van der Waals surface area contributed by atoms with E-state index in [0.29, 0.717) is 6.10 Å². The standard InChI is InChI=1S/C19H35NO/c1-2-6-16-7-12-18(20,13-8-16)15-17-9-14-19(21-17)10-4-3-5-11-19/h16-17H,2-15,20H2,1H3. The van der Waals surface area contributed by atoms with Gasteiger partial charge in [0.1, 0.15) is 0 Å². The van der Waals surface area contributed by atoms with Crippen molar-refractivity contribution in [2.24, 2.45) is 11.7 Å². The minimum Gasteiger partial charge on any atom is -0.372 e. The highest BCUT2D eigenvalue weighted by atomic mass is 16.5. The van der Waals surface area contributed by atoms with Crippen LogP contribution in [0.15, 0.2) is 0 Å². The normalized spacial score (nSPS) is 39.7. The van der Waals surface area contributed by atoms with Gasteiger partial charge in [0.15, 0.2) is 0 Å². The molecule has 2 N–H and O–H groups in total. The van der Waals surface area contributed by atoms with Crippen LogP contribution in [0.5, 0.6) is 0 Å². The molecule has 0 aromatic carbocycles. The molecule has 1 spiro atoms. The molecule has 0 bridgehead atoms. The SMILES string of the molecule is CCCC1CCC(N)(CC2CCC3(CCCCC3)O2)CC1. The lowest BCUT2D eigenvalue weighted by atomic mass is 9.73. The Labute approximate surface area is 131 Å². The second kappa shape index (κ2) is 6.58. The van der Waals surface area contributed by atoms with E-state index in [1.165, 1.54) is 83.5 Å². The van der Waals surface area contributed by atoms with Crippen LogP contribution < -0.4 is 5.73 Å². The largest absolute Gasteiger partial charge is 0.372 e. The van der Waals surface area contributed by atoms with Crippen molar-refractivity contribution < 1.29 is 4.74 Å². The molecule has 2 saturated carbocycles. The second-order valence-electron chi connectivity index (χ2n) is 8.32.